The average molecular weight is 296 g/mol. The van der Waals surface area contributed by atoms with Crippen LogP contribution in [0.5, 0.6) is 0 Å². The summed E-state index contributed by atoms with van der Waals surface area (Å²) < 4.78 is 0. The maximum absolute atomic E-state index is 11.1. The van der Waals surface area contributed by atoms with Crippen molar-refractivity contribution < 1.29 is 9.90 Å². The molecule has 0 amide bonds. The van der Waals surface area contributed by atoms with Gasteiger partial charge in [0.05, 0.1) is 5.56 Å². The van der Waals surface area contributed by atoms with Crippen molar-refractivity contribution >= 4 is 34.6 Å². The van der Waals surface area contributed by atoms with Gasteiger partial charge in [-0.3, -0.25) is 0 Å². The molecular formula is C14H14ClNO2S. The molecule has 3 nitrogen and oxygen atoms in total. The van der Waals surface area contributed by atoms with Gasteiger partial charge >= 0.3 is 5.97 Å². The molecule has 0 atom stereocenters. The van der Waals surface area contributed by atoms with E-state index in [4.69, 9.17) is 16.7 Å². The van der Waals surface area contributed by atoms with E-state index in [0.717, 1.165) is 6.42 Å². The predicted octanol–water partition coefficient (Wildman–Crippen LogP) is 4.27. The molecular weight excluding hydrogens is 282 g/mol. The highest BCUT2D eigenvalue weighted by Gasteiger charge is 2.10. The van der Waals surface area contributed by atoms with E-state index in [-0.39, 0.29) is 5.56 Å². The summed E-state index contributed by atoms with van der Waals surface area (Å²) in [5.41, 5.74) is 0.781. The number of nitrogens with one attached hydrogen (secondary N) is 1. The van der Waals surface area contributed by atoms with Gasteiger partial charge in [-0.2, -0.15) is 0 Å². The number of carbonyl (C=O) groups is 1. The van der Waals surface area contributed by atoms with Gasteiger partial charge in [0.1, 0.15) is 0 Å². The zero-order valence-corrected chi connectivity index (χ0v) is 12.0. The molecule has 0 saturated heterocycles. The topological polar surface area (TPSA) is 49.3 Å². The van der Waals surface area contributed by atoms with Crippen molar-refractivity contribution in [1.82, 2.24) is 0 Å². The van der Waals surface area contributed by atoms with E-state index >= 15 is 0 Å². The molecule has 5 heteroatoms. The lowest BCUT2D eigenvalue weighted by molar-refractivity contribution is 0.0698. The van der Waals surface area contributed by atoms with Gasteiger partial charge in [0, 0.05) is 27.0 Å². The quantitative estimate of drug-likeness (QED) is 0.866. The molecule has 100 valence electrons. The Morgan fingerprint density at radius 2 is 2.05 bits per heavy atom. The normalized spacial score (nSPS) is 10.4. The first kappa shape index (κ1) is 13.9. The molecule has 1 aromatic carbocycles. The molecule has 0 aliphatic carbocycles. The van der Waals surface area contributed by atoms with Gasteiger partial charge in [-0.1, -0.05) is 18.5 Å². The molecule has 1 aromatic heterocycles. The van der Waals surface area contributed by atoms with Crippen LogP contribution in [0.3, 0.4) is 0 Å². The van der Waals surface area contributed by atoms with Crippen molar-refractivity contribution in [1.29, 1.82) is 0 Å². The van der Waals surface area contributed by atoms with Crippen molar-refractivity contribution in [3.63, 3.8) is 0 Å². The zero-order valence-electron chi connectivity index (χ0n) is 10.4. The Morgan fingerprint density at radius 3 is 2.68 bits per heavy atom. The predicted molar refractivity (Wildman–Crippen MR) is 79.4 cm³/mol. The van der Waals surface area contributed by atoms with Crippen LogP contribution < -0.4 is 5.32 Å². The Kier molecular flexibility index (Phi) is 4.45. The lowest BCUT2D eigenvalue weighted by Gasteiger charge is -2.08. The molecule has 0 unspecified atom stereocenters. The van der Waals surface area contributed by atoms with Crippen molar-refractivity contribution in [2.24, 2.45) is 0 Å². The van der Waals surface area contributed by atoms with Gasteiger partial charge in [0.15, 0.2) is 0 Å². The minimum Gasteiger partial charge on any atom is -0.478 e. The van der Waals surface area contributed by atoms with Crippen molar-refractivity contribution in [2.75, 3.05) is 5.32 Å². The molecule has 0 saturated carbocycles. The Bertz CT molecular complexity index is 595. The second kappa shape index (κ2) is 6.08. The number of anilines is 1. The summed E-state index contributed by atoms with van der Waals surface area (Å²) in [7, 11) is 0. The number of benzene rings is 1. The fraction of sp³-hybridized carbons (Fsp3) is 0.214. The van der Waals surface area contributed by atoms with Crippen LogP contribution in [0.2, 0.25) is 5.02 Å². The van der Waals surface area contributed by atoms with E-state index in [1.54, 1.807) is 23.5 Å². The minimum atomic E-state index is -0.981. The summed E-state index contributed by atoms with van der Waals surface area (Å²) >= 11 is 7.54. The molecule has 1 heterocycles. The summed E-state index contributed by atoms with van der Waals surface area (Å²) in [6.45, 7) is 2.73. The van der Waals surface area contributed by atoms with E-state index in [1.807, 2.05) is 0 Å². The van der Waals surface area contributed by atoms with Crippen LogP contribution in [0.15, 0.2) is 30.3 Å². The van der Waals surface area contributed by atoms with Crippen molar-refractivity contribution in [3.8, 4) is 0 Å². The van der Waals surface area contributed by atoms with Crippen LogP contribution in [-0.4, -0.2) is 11.1 Å². The van der Waals surface area contributed by atoms with E-state index in [1.165, 1.54) is 15.8 Å². The molecule has 19 heavy (non-hydrogen) atoms. The Labute approximate surface area is 120 Å². The number of aryl methyl sites for hydroxylation is 1. The first-order valence-corrected chi connectivity index (χ1v) is 7.14. The summed E-state index contributed by atoms with van der Waals surface area (Å²) in [5.74, 6) is -0.981. The maximum Gasteiger partial charge on any atom is 0.337 e. The smallest absolute Gasteiger partial charge is 0.337 e. The van der Waals surface area contributed by atoms with E-state index in [0.29, 0.717) is 17.3 Å². The number of halogens is 1. The van der Waals surface area contributed by atoms with Gasteiger partial charge in [-0.15, -0.1) is 11.3 Å². The number of hydrogen-bond acceptors (Lipinski definition) is 3. The number of aromatic carboxylic acids is 1. The molecule has 0 radical (unpaired) electrons. The van der Waals surface area contributed by atoms with Crippen LogP contribution in [-0.2, 0) is 13.0 Å². The van der Waals surface area contributed by atoms with E-state index in [2.05, 4.69) is 24.4 Å². The highest BCUT2D eigenvalue weighted by atomic mass is 35.5. The van der Waals surface area contributed by atoms with Gasteiger partial charge in [-0.25, -0.2) is 4.79 Å². The third kappa shape index (κ3) is 3.49. The van der Waals surface area contributed by atoms with Gasteiger partial charge in [0.2, 0.25) is 0 Å². The van der Waals surface area contributed by atoms with Gasteiger partial charge in [0.25, 0.3) is 0 Å². The van der Waals surface area contributed by atoms with E-state index in [9.17, 15) is 4.79 Å². The minimum absolute atomic E-state index is 0.194. The zero-order chi connectivity index (χ0) is 13.8. The van der Waals surface area contributed by atoms with Crippen molar-refractivity contribution in [2.45, 2.75) is 19.9 Å². The molecule has 2 rings (SSSR count). The van der Waals surface area contributed by atoms with Crippen LogP contribution in [0.1, 0.15) is 27.0 Å². The maximum atomic E-state index is 11.1. The molecule has 0 fully saturated rings. The first-order chi connectivity index (χ1) is 9.10. The van der Waals surface area contributed by atoms with Crippen LogP contribution in [0, 0.1) is 0 Å². The second-order valence-corrected chi connectivity index (χ2v) is 5.76. The summed E-state index contributed by atoms with van der Waals surface area (Å²) in [6.07, 6.45) is 1.02. The van der Waals surface area contributed by atoms with Crippen LogP contribution in [0.25, 0.3) is 0 Å². The number of rotatable bonds is 5. The summed E-state index contributed by atoms with van der Waals surface area (Å²) in [4.78, 5) is 13.6. The first-order valence-electron chi connectivity index (χ1n) is 5.94. The standard InChI is InChI=1S/C14H14ClNO2S/c1-2-10-4-5-11(19-10)8-16-13-6-3-9(15)7-12(13)14(17)18/h3-7,16H,2,8H2,1H3,(H,17,18). The number of carboxylic acids is 1. The monoisotopic (exact) mass is 295 g/mol. The molecule has 2 aromatic rings. The lowest BCUT2D eigenvalue weighted by Crippen LogP contribution is -2.05. The SMILES string of the molecule is CCc1ccc(CNc2ccc(Cl)cc2C(=O)O)s1. The summed E-state index contributed by atoms with van der Waals surface area (Å²) in [5, 5.41) is 12.7. The molecule has 0 aliphatic rings. The lowest BCUT2D eigenvalue weighted by atomic mass is 10.2. The second-order valence-electron chi connectivity index (χ2n) is 4.07. The molecule has 0 aliphatic heterocycles. The largest absolute Gasteiger partial charge is 0.478 e. The number of thiophene rings is 1. The molecule has 2 N–H and O–H groups in total. The summed E-state index contributed by atoms with van der Waals surface area (Å²) in [6, 6.07) is 9.00. The molecule has 0 bridgehead atoms. The van der Waals surface area contributed by atoms with E-state index < -0.39 is 5.97 Å². The Balaban J connectivity index is 2.12. The fourth-order valence-electron chi connectivity index (χ4n) is 1.74. The highest BCUT2D eigenvalue weighted by molar-refractivity contribution is 7.12. The Morgan fingerprint density at radius 1 is 1.32 bits per heavy atom. The van der Waals surface area contributed by atoms with Crippen LogP contribution in [0.4, 0.5) is 5.69 Å². The average Bonchev–Trinajstić information content (AvgIpc) is 2.85. The third-order valence-electron chi connectivity index (χ3n) is 2.73. The molecule has 0 spiro atoms. The number of hydrogen-bond donors (Lipinski definition) is 2. The van der Waals surface area contributed by atoms with Crippen LogP contribution >= 0.6 is 22.9 Å². The fourth-order valence-corrected chi connectivity index (χ4v) is 2.81. The Hall–Kier alpha value is -1.52. The van der Waals surface area contributed by atoms with Crippen molar-refractivity contribution in [3.05, 3.63) is 50.7 Å². The number of carboxylic acid groups (broad SMARTS) is 1. The third-order valence-corrected chi connectivity index (χ3v) is 4.20. The van der Waals surface area contributed by atoms with Gasteiger partial charge in [-0.05, 0) is 36.8 Å². The van der Waals surface area contributed by atoms with Gasteiger partial charge < -0.3 is 10.4 Å². The highest BCUT2D eigenvalue weighted by Crippen LogP contribution is 2.23.